The molecule has 444 valence electrons. The van der Waals surface area contributed by atoms with Crippen LogP contribution in [-0.2, 0) is 63.8 Å². The van der Waals surface area contributed by atoms with E-state index >= 15 is 0 Å². The van der Waals surface area contributed by atoms with Gasteiger partial charge in [-0.15, -0.1) is 0 Å². The Balaban J connectivity index is 1.92. The van der Waals surface area contributed by atoms with Gasteiger partial charge in [-0.2, -0.15) is 0 Å². The maximum atomic E-state index is 14.8. The Kier molecular flexibility index (Phi) is 27.0. The van der Waals surface area contributed by atoms with Crippen molar-refractivity contribution in [2.24, 2.45) is 29.6 Å². The summed E-state index contributed by atoms with van der Waals surface area (Å²) in [6.07, 6.45) is -2.30. The predicted molar refractivity (Wildman–Crippen MR) is 293 cm³/mol. The van der Waals surface area contributed by atoms with Gasteiger partial charge in [0.1, 0.15) is 42.1 Å². The third kappa shape index (κ3) is 19.1. The van der Waals surface area contributed by atoms with E-state index in [0.29, 0.717) is 38.0 Å². The number of esters is 2. The number of aliphatic hydroxyl groups is 2. The van der Waals surface area contributed by atoms with Crippen molar-refractivity contribution in [1.82, 2.24) is 36.0 Å². The zero-order valence-corrected chi connectivity index (χ0v) is 49.0. The number of carbonyl (C=O) groups excluding carboxylic acids is 10. The van der Waals surface area contributed by atoms with Crippen LogP contribution in [0, 0.1) is 29.6 Å². The van der Waals surface area contributed by atoms with Gasteiger partial charge in [0.15, 0.2) is 11.9 Å². The Hall–Kier alpha value is -6.00. The SMILES string of the molecule is CC[C@H](C)[C@H](NC(=O)[C@@H](NC(=O)[C@@H](CC(C)C)N(C)C(=O)[C@@H]1CCCN1C(=O)C(C)=O)[C@@H](C)OC(=O)[C@H](Cc1ccc(OC)cc1)NC)[C@@H](O)CC(=O)O[C@H](C(=O)[C@H](C)C(=O)N[C@@H](CC(C)C)C(=O)N1CCC[C@H]1CO)C(C)C. The molecule has 79 heavy (non-hydrogen) atoms. The van der Waals surface area contributed by atoms with E-state index in [1.54, 1.807) is 63.9 Å². The van der Waals surface area contributed by atoms with Crippen LogP contribution >= 0.6 is 0 Å². The molecule has 3 rings (SSSR count). The second-order valence-corrected chi connectivity index (χ2v) is 22.5. The molecule has 2 aliphatic heterocycles. The van der Waals surface area contributed by atoms with Crippen molar-refractivity contribution < 1.29 is 72.4 Å². The van der Waals surface area contributed by atoms with E-state index < -0.39 is 132 Å². The number of ether oxygens (including phenoxy) is 3. The van der Waals surface area contributed by atoms with Gasteiger partial charge in [-0.3, -0.25) is 47.9 Å². The number of nitrogens with zero attached hydrogens (tertiary/aromatic N) is 3. The number of Topliss-reactive ketones (excluding diaryl/α,β-unsaturated/α-hetero) is 2. The molecule has 6 amide bonds. The number of likely N-dealkylation sites (N-methyl/N-ethyl adjacent to an activating group) is 2. The average Bonchev–Trinajstić information content (AvgIpc) is 4.12. The molecule has 22 heteroatoms. The summed E-state index contributed by atoms with van der Waals surface area (Å²) in [6, 6.07) is -0.360. The summed E-state index contributed by atoms with van der Waals surface area (Å²) in [5.74, 6) is -9.66. The molecule has 0 radical (unpaired) electrons. The molecule has 1 aromatic carbocycles. The van der Waals surface area contributed by atoms with E-state index in [1.807, 2.05) is 27.7 Å². The normalized spacial score (nSPS) is 19.2. The number of hydrogen-bond donors (Lipinski definition) is 6. The van der Waals surface area contributed by atoms with Crippen molar-refractivity contribution in [3.63, 3.8) is 0 Å². The highest BCUT2D eigenvalue weighted by atomic mass is 16.6. The number of likely N-dealkylation sites (tertiary alicyclic amines) is 2. The summed E-state index contributed by atoms with van der Waals surface area (Å²) in [6.45, 7) is 18.4. The van der Waals surface area contributed by atoms with E-state index in [1.165, 1.54) is 37.8 Å². The number of nitrogens with one attached hydrogen (secondary N) is 4. The minimum Gasteiger partial charge on any atom is -0.497 e. The zero-order valence-electron chi connectivity index (χ0n) is 49.0. The van der Waals surface area contributed by atoms with E-state index in [-0.39, 0.29) is 62.6 Å². The van der Waals surface area contributed by atoms with Crippen molar-refractivity contribution >= 4 is 58.9 Å². The van der Waals surface area contributed by atoms with Crippen LogP contribution in [-0.4, -0.2) is 185 Å². The molecule has 2 saturated heterocycles. The average molecular weight is 1110 g/mol. The summed E-state index contributed by atoms with van der Waals surface area (Å²) in [5.41, 5.74) is 0.754. The highest BCUT2D eigenvalue weighted by Crippen LogP contribution is 2.25. The lowest BCUT2D eigenvalue weighted by atomic mass is 9.91. The third-order valence-electron chi connectivity index (χ3n) is 15.0. The Labute approximate surface area is 466 Å². The van der Waals surface area contributed by atoms with Gasteiger partial charge in [0.25, 0.3) is 5.91 Å². The molecule has 12 atom stereocenters. The van der Waals surface area contributed by atoms with E-state index in [4.69, 9.17) is 14.2 Å². The van der Waals surface area contributed by atoms with Gasteiger partial charge in [0.2, 0.25) is 35.3 Å². The lowest BCUT2D eigenvalue weighted by Gasteiger charge is -2.35. The Morgan fingerprint density at radius 3 is 1.92 bits per heavy atom. The molecular weight excluding hydrogens is 1020 g/mol. The molecule has 0 bridgehead atoms. The molecule has 2 heterocycles. The van der Waals surface area contributed by atoms with Crippen LogP contribution in [0.5, 0.6) is 5.75 Å². The largest absolute Gasteiger partial charge is 0.497 e. The standard InChI is InChI=1S/C57H91N7O15/c1-15-34(8)47(45(67)29-46(68)79-50(33(6)7)49(69)35(9)51(70)59-41(26-31(2)3)55(74)63-24-16-18-39(63)30-65)60-53(72)48(37(11)78-57(76)42(58-12)28-38-20-22-40(77-14)23-21-38)61-52(71)44(27-32(4)5)62(13)56(75)43-19-17-25-64(43)54(73)36(10)66/h20-23,31-35,37,39,41-45,47-48,50,58,65,67H,15-19,24-30H2,1-14H3,(H,59,70)(H,60,72)(H,61,71)/t34-,35-,37+,39-,41-,42-,43-,44+,45-,47-,48-,50-/m0/s1. The number of benzene rings is 1. The highest BCUT2D eigenvalue weighted by molar-refractivity contribution is 6.35. The van der Waals surface area contributed by atoms with Crippen LogP contribution in [0.3, 0.4) is 0 Å². The Morgan fingerprint density at radius 2 is 1.38 bits per heavy atom. The van der Waals surface area contributed by atoms with E-state index in [0.717, 1.165) is 12.5 Å². The highest BCUT2D eigenvalue weighted by Gasteiger charge is 2.43. The van der Waals surface area contributed by atoms with Crippen LogP contribution in [0.4, 0.5) is 0 Å². The van der Waals surface area contributed by atoms with Crippen LogP contribution in [0.25, 0.3) is 0 Å². The summed E-state index contributed by atoms with van der Waals surface area (Å²) in [4.78, 5) is 141. The maximum Gasteiger partial charge on any atom is 0.323 e. The third-order valence-corrected chi connectivity index (χ3v) is 15.0. The number of carbonyl (C=O) groups is 10. The monoisotopic (exact) mass is 1110 g/mol. The van der Waals surface area contributed by atoms with E-state index in [2.05, 4.69) is 21.3 Å². The van der Waals surface area contributed by atoms with Crippen LogP contribution in [0.1, 0.15) is 133 Å². The van der Waals surface area contributed by atoms with Crippen molar-refractivity contribution in [1.29, 1.82) is 0 Å². The summed E-state index contributed by atoms with van der Waals surface area (Å²) in [7, 11) is 4.48. The Bertz CT molecular complexity index is 2260. The van der Waals surface area contributed by atoms with Crippen LogP contribution < -0.4 is 26.0 Å². The van der Waals surface area contributed by atoms with Gasteiger partial charge < -0.3 is 60.4 Å². The topological polar surface area (TPSA) is 297 Å². The molecule has 22 nitrogen and oxygen atoms in total. The fraction of sp³-hybridized carbons (Fsp3) is 0.719. The fourth-order valence-electron chi connectivity index (χ4n) is 10.0. The molecule has 1 aromatic rings. The lowest BCUT2D eigenvalue weighted by molar-refractivity contribution is -0.162. The molecule has 0 spiro atoms. The van der Waals surface area contributed by atoms with Gasteiger partial charge in [-0.25, -0.2) is 0 Å². The Morgan fingerprint density at radius 1 is 0.772 bits per heavy atom. The van der Waals surface area contributed by atoms with Crippen LogP contribution in [0.15, 0.2) is 24.3 Å². The number of amides is 6. The maximum absolute atomic E-state index is 14.8. The van der Waals surface area contributed by atoms with Gasteiger partial charge in [0, 0.05) is 27.1 Å². The number of rotatable bonds is 31. The zero-order chi connectivity index (χ0) is 59.6. The first kappa shape index (κ1) is 67.3. The first-order valence-corrected chi connectivity index (χ1v) is 27.9. The predicted octanol–water partition coefficient (Wildman–Crippen LogP) is 2.26. The first-order chi connectivity index (χ1) is 37.1. The molecule has 6 N–H and O–H groups in total. The second kappa shape index (κ2) is 31.7. The minimum absolute atomic E-state index is 0.0110. The molecule has 0 saturated carbocycles. The molecule has 2 fully saturated rings. The first-order valence-electron chi connectivity index (χ1n) is 27.9. The second-order valence-electron chi connectivity index (χ2n) is 22.5. The number of hydrogen-bond acceptors (Lipinski definition) is 16. The van der Waals surface area contributed by atoms with Gasteiger partial charge in [-0.1, -0.05) is 73.9 Å². The van der Waals surface area contributed by atoms with Crippen molar-refractivity contribution in [3.05, 3.63) is 29.8 Å². The number of methoxy groups -OCH3 is 1. The number of aliphatic hydroxyl groups excluding tert-OH is 2. The van der Waals surface area contributed by atoms with Crippen molar-refractivity contribution in [2.75, 3.05) is 40.9 Å². The van der Waals surface area contributed by atoms with Gasteiger partial charge in [0.05, 0.1) is 44.2 Å². The lowest BCUT2D eigenvalue weighted by Crippen LogP contribution is -2.62. The molecular formula is C57H91N7O15. The van der Waals surface area contributed by atoms with Crippen molar-refractivity contribution in [3.8, 4) is 5.75 Å². The summed E-state index contributed by atoms with van der Waals surface area (Å²) in [5, 5.41) is 32.8. The molecule has 0 aliphatic carbocycles. The molecule has 0 aromatic heterocycles. The smallest absolute Gasteiger partial charge is 0.323 e. The van der Waals surface area contributed by atoms with Gasteiger partial charge in [-0.05, 0) is 107 Å². The van der Waals surface area contributed by atoms with E-state index in [9.17, 15) is 58.2 Å². The molecule has 2 aliphatic rings. The quantitative estimate of drug-likeness (QED) is 0.0353. The van der Waals surface area contributed by atoms with Crippen LogP contribution in [0.2, 0.25) is 0 Å². The van der Waals surface area contributed by atoms with Crippen molar-refractivity contribution in [2.45, 2.75) is 195 Å². The summed E-state index contributed by atoms with van der Waals surface area (Å²) < 4.78 is 16.9. The molecule has 0 unspecified atom stereocenters. The van der Waals surface area contributed by atoms with Gasteiger partial charge >= 0.3 is 11.9 Å². The minimum atomic E-state index is -1.67. The fourth-order valence-corrected chi connectivity index (χ4v) is 10.0. The summed E-state index contributed by atoms with van der Waals surface area (Å²) >= 11 is 0. The number of ketones is 2.